The molecule has 2 aliphatic heterocycles. The third-order valence-corrected chi connectivity index (χ3v) is 6.88. The van der Waals surface area contributed by atoms with Gasteiger partial charge in [0.25, 0.3) is 0 Å². The maximum atomic E-state index is 12.0. The molecule has 6 heteroatoms. The molecule has 3 rings (SSSR count). The molecule has 0 aromatic heterocycles. The van der Waals surface area contributed by atoms with E-state index >= 15 is 0 Å². The summed E-state index contributed by atoms with van der Waals surface area (Å²) in [4.78, 5) is 12.0. The summed E-state index contributed by atoms with van der Waals surface area (Å²) in [6.45, 7) is 8.69. The Morgan fingerprint density at radius 1 is 1.19 bits per heavy atom. The van der Waals surface area contributed by atoms with Crippen molar-refractivity contribution in [2.75, 3.05) is 13.2 Å². The largest absolute Gasteiger partial charge is 0.450 e. The van der Waals surface area contributed by atoms with Gasteiger partial charge in [0.2, 0.25) is 0 Å². The highest BCUT2D eigenvalue weighted by atomic mass is 28.3. The van der Waals surface area contributed by atoms with E-state index in [0.717, 1.165) is 18.9 Å². The van der Waals surface area contributed by atoms with Crippen LogP contribution in [0, 0.1) is 5.92 Å². The van der Waals surface area contributed by atoms with E-state index in [4.69, 9.17) is 14.2 Å². The molecule has 26 heavy (non-hydrogen) atoms. The first-order valence-electron chi connectivity index (χ1n) is 9.61. The van der Waals surface area contributed by atoms with E-state index in [1.165, 1.54) is 5.56 Å². The second-order valence-corrected chi connectivity index (χ2v) is 14.3. The highest BCUT2D eigenvalue weighted by Gasteiger charge is 2.47. The number of hydrogen-bond donors (Lipinski definition) is 1. The number of benzene rings is 1. The van der Waals surface area contributed by atoms with E-state index in [0.29, 0.717) is 25.7 Å². The number of carbonyl (C=O) groups excluding carboxylic acids is 1. The number of hydrogen-bond acceptors (Lipinski definition) is 4. The van der Waals surface area contributed by atoms with Crippen LogP contribution in [0.4, 0.5) is 4.79 Å². The van der Waals surface area contributed by atoms with E-state index in [9.17, 15) is 4.79 Å². The third kappa shape index (κ3) is 5.56. The minimum atomic E-state index is -1.17. The molecule has 0 saturated carbocycles. The molecule has 1 aromatic rings. The van der Waals surface area contributed by atoms with Crippen molar-refractivity contribution in [2.24, 2.45) is 5.92 Å². The molecule has 0 spiro atoms. The lowest BCUT2D eigenvalue weighted by Gasteiger charge is -2.25. The maximum Gasteiger partial charge on any atom is 0.407 e. The first kappa shape index (κ1) is 19.4. The Morgan fingerprint density at radius 2 is 1.96 bits per heavy atom. The van der Waals surface area contributed by atoms with Gasteiger partial charge in [-0.2, -0.15) is 0 Å². The topological polar surface area (TPSA) is 56.8 Å². The fourth-order valence-corrected chi connectivity index (χ4v) is 4.34. The minimum absolute atomic E-state index is 0.0738. The first-order valence-corrected chi connectivity index (χ1v) is 13.3. The zero-order valence-electron chi connectivity index (χ0n) is 16.1. The molecule has 2 bridgehead atoms. The van der Waals surface area contributed by atoms with Crippen molar-refractivity contribution in [3.63, 3.8) is 0 Å². The van der Waals surface area contributed by atoms with E-state index in [1.54, 1.807) is 0 Å². The Labute approximate surface area is 157 Å². The molecule has 4 unspecified atom stereocenters. The van der Waals surface area contributed by atoms with Crippen molar-refractivity contribution in [2.45, 2.75) is 63.4 Å². The van der Waals surface area contributed by atoms with Crippen LogP contribution < -0.4 is 5.32 Å². The van der Waals surface area contributed by atoms with Gasteiger partial charge in [0, 0.05) is 14.0 Å². The van der Waals surface area contributed by atoms with Crippen LogP contribution in [0.1, 0.15) is 18.4 Å². The molecular weight excluding hydrogens is 346 g/mol. The second-order valence-electron chi connectivity index (χ2n) is 8.64. The van der Waals surface area contributed by atoms with Crippen LogP contribution in [-0.4, -0.2) is 45.6 Å². The zero-order chi connectivity index (χ0) is 18.6. The number of amides is 1. The molecule has 0 radical (unpaired) electrons. The second kappa shape index (κ2) is 8.54. The number of rotatable bonds is 8. The van der Waals surface area contributed by atoms with Gasteiger partial charge in [-0.15, -0.1) is 0 Å². The van der Waals surface area contributed by atoms with Crippen LogP contribution in [0.5, 0.6) is 0 Å². The van der Waals surface area contributed by atoms with Crippen molar-refractivity contribution in [3.05, 3.63) is 35.9 Å². The summed E-state index contributed by atoms with van der Waals surface area (Å²) in [5.41, 5.74) is 1.19. The maximum absolute atomic E-state index is 12.0. The molecule has 1 aromatic carbocycles. The van der Waals surface area contributed by atoms with Crippen LogP contribution in [0.15, 0.2) is 30.3 Å². The highest BCUT2D eigenvalue weighted by molar-refractivity contribution is 6.76. The van der Waals surface area contributed by atoms with Gasteiger partial charge >= 0.3 is 6.09 Å². The summed E-state index contributed by atoms with van der Waals surface area (Å²) in [7, 11) is -1.17. The van der Waals surface area contributed by atoms with Gasteiger partial charge in [0.1, 0.15) is 0 Å². The van der Waals surface area contributed by atoms with E-state index < -0.39 is 8.07 Å². The number of fused-ring (bicyclic) bond motifs is 2. The molecule has 2 heterocycles. The van der Waals surface area contributed by atoms with Crippen LogP contribution in [0.3, 0.4) is 0 Å². The SMILES string of the molecule is C[Si](C)(C)CCOC(=O)NC1CC2OC1CC2COCc1ccccc1. The lowest BCUT2D eigenvalue weighted by Crippen LogP contribution is -2.43. The standard InChI is InChI=1S/C20H31NO4Si/c1-26(2,3)10-9-24-20(22)21-17-12-18-16(11-19(17)25-18)14-23-13-15-7-5-4-6-8-15/h4-8,16-19H,9-14H2,1-3H3,(H,21,22). The van der Waals surface area contributed by atoms with Gasteiger partial charge < -0.3 is 19.5 Å². The smallest absolute Gasteiger partial charge is 0.407 e. The lowest BCUT2D eigenvalue weighted by molar-refractivity contribution is 0.0448. The molecule has 2 fully saturated rings. The summed E-state index contributed by atoms with van der Waals surface area (Å²) in [5.74, 6) is 0.421. The average Bonchev–Trinajstić information content (AvgIpc) is 3.14. The summed E-state index contributed by atoms with van der Waals surface area (Å²) in [5, 5.41) is 2.99. The lowest BCUT2D eigenvalue weighted by atomic mass is 9.86. The van der Waals surface area contributed by atoms with E-state index in [2.05, 4.69) is 37.1 Å². The molecule has 4 atom stereocenters. The van der Waals surface area contributed by atoms with Crippen LogP contribution in [0.2, 0.25) is 25.7 Å². The first-order chi connectivity index (χ1) is 12.4. The summed E-state index contributed by atoms with van der Waals surface area (Å²) < 4.78 is 17.2. The Balaban J connectivity index is 1.34. The van der Waals surface area contributed by atoms with Gasteiger partial charge in [-0.05, 0) is 24.4 Å². The summed E-state index contributed by atoms with van der Waals surface area (Å²) in [6, 6.07) is 11.3. The number of carbonyl (C=O) groups is 1. The molecule has 1 N–H and O–H groups in total. The predicted molar refractivity (Wildman–Crippen MR) is 104 cm³/mol. The fourth-order valence-electron chi connectivity index (χ4n) is 3.62. The minimum Gasteiger partial charge on any atom is -0.450 e. The summed E-state index contributed by atoms with van der Waals surface area (Å²) in [6.07, 6.45) is 1.77. The van der Waals surface area contributed by atoms with Gasteiger partial charge in [-0.3, -0.25) is 0 Å². The van der Waals surface area contributed by atoms with Gasteiger partial charge in [-0.25, -0.2) is 4.79 Å². The Hall–Kier alpha value is -1.37. The van der Waals surface area contributed by atoms with Crippen LogP contribution in [0.25, 0.3) is 0 Å². The number of alkyl carbamates (subject to hydrolysis) is 1. The van der Waals surface area contributed by atoms with Crippen molar-refractivity contribution < 1.29 is 19.0 Å². The van der Waals surface area contributed by atoms with Crippen molar-refractivity contribution in [1.82, 2.24) is 5.32 Å². The number of nitrogens with one attached hydrogen (secondary N) is 1. The normalized spacial score (nSPS) is 27.5. The molecule has 144 valence electrons. The Morgan fingerprint density at radius 3 is 2.62 bits per heavy atom. The monoisotopic (exact) mass is 377 g/mol. The van der Waals surface area contributed by atoms with Crippen LogP contribution in [-0.2, 0) is 20.8 Å². The predicted octanol–water partition coefficient (Wildman–Crippen LogP) is 3.81. The molecular formula is C20H31NO4Si. The third-order valence-electron chi connectivity index (χ3n) is 5.18. The molecule has 5 nitrogen and oxygen atoms in total. The summed E-state index contributed by atoms with van der Waals surface area (Å²) >= 11 is 0. The molecule has 1 amide bonds. The van der Waals surface area contributed by atoms with Gasteiger partial charge in [0.15, 0.2) is 0 Å². The van der Waals surface area contributed by atoms with Crippen molar-refractivity contribution in [1.29, 1.82) is 0 Å². The fraction of sp³-hybridized carbons (Fsp3) is 0.650. The number of ether oxygens (including phenoxy) is 3. The van der Waals surface area contributed by atoms with E-state index in [1.807, 2.05) is 18.2 Å². The molecule has 2 aliphatic rings. The highest BCUT2D eigenvalue weighted by Crippen LogP contribution is 2.39. The van der Waals surface area contributed by atoms with Crippen molar-refractivity contribution in [3.8, 4) is 0 Å². The Bertz CT molecular complexity index is 589. The average molecular weight is 378 g/mol. The Kier molecular flexibility index (Phi) is 6.37. The quantitative estimate of drug-likeness (QED) is 0.700. The molecule has 0 aliphatic carbocycles. The van der Waals surface area contributed by atoms with Gasteiger partial charge in [0.05, 0.1) is 38.1 Å². The zero-order valence-corrected chi connectivity index (χ0v) is 17.1. The van der Waals surface area contributed by atoms with Gasteiger partial charge in [-0.1, -0.05) is 50.0 Å². The van der Waals surface area contributed by atoms with E-state index in [-0.39, 0.29) is 24.3 Å². The van der Waals surface area contributed by atoms with Crippen molar-refractivity contribution >= 4 is 14.2 Å². The van der Waals surface area contributed by atoms with Crippen LogP contribution >= 0.6 is 0 Å². The molecule has 2 saturated heterocycles.